The van der Waals surface area contributed by atoms with Gasteiger partial charge in [-0.2, -0.15) is 0 Å². The SMILES string of the molecule is Cc1c(Cl)cccc1NC(=S)N(CCc1ccccc1)C1CCN(C)CC1. The van der Waals surface area contributed by atoms with Crippen LogP contribution in [-0.4, -0.2) is 47.6 Å². The minimum absolute atomic E-state index is 0.476. The molecule has 0 bridgehead atoms. The summed E-state index contributed by atoms with van der Waals surface area (Å²) in [5.74, 6) is 0. The van der Waals surface area contributed by atoms with Gasteiger partial charge in [-0.05, 0) is 81.8 Å². The molecule has 0 unspecified atom stereocenters. The molecule has 0 spiro atoms. The van der Waals surface area contributed by atoms with Gasteiger partial charge in [0.05, 0.1) is 0 Å². The van der Waals surface area contributed by atoms with Crippen LogP contribution in [0.15, 0.2) is 48.5 Å². The van der Waals surface area contributed by atoms with Crippen molar-refractivity contribution in [1.82, 2.24) is 9.80 Å². The third-order valence-electron chi connectivity index (χ3n) is 5.38. The van der Waals surface area contributed by atoms with Gasteiger partial charge in [0.1, 0.15) is 0 Å². The molecule has 0 amide bonds. The molecule has 3 rings (SSSR count). The van der Waals surface area contributed by atoms with Crippen molar-refractivity contribution in [2.75, 3.05) is 32.0 Å². The van der Waals surface area contributed by atoms with E-state index in [4.69, 9.17) is 23.8 Å². The van der Waals surface area contributed by atoms with E-state index in [2.05, 4.69) is 52.5 Å². The van der Waals surface area contributed by atoms with Crippen molar-refractivity contribution in [3.63, 3.8) is 0 Å². The number of benzene rings is 2. The predicted octanol–water partition coefficient (Wildman–Crippen LogP) is 4.98. The Bertz CT molecular complexity index is 757. The second-order valence-corrected chi connectivity index (χ2v) is 8.10. The highest BCUT2D eigenvalue weighted by molar-refractivity contribution is 7.80. The summed E-state index contributed by atoms with van der Waals surface area (Å²) < 4.78 is 0. The van der Waals surface area contributed by atoms with Crippen LogP contribution in [0.1, 0.15) is 24.0 Å². The minimum atomic E-state index is 0.476. The zero-order valence-corrected chi connectivity index (χ0v) is 17.7. The number of hydrogen-bond acceptors (Lipinski definition) is 2. The van der Waals surface area contributed by atoms with Gasteiger partial charge in [0.25, 0.3) is 0 Å². The first-order valence-electron chi connectivity index (χ1n) is 9.60. The van der Waals surface area contributed by atoms with Crippen LogP contribution in [0, 0.1) is 6.92 Å². The standard InChI is InChI=1S/C22H28ClN3S/c1-17-20(23)9-6-10-21(17)24-22(27)26(19-12-14-25(2)15-13-19)16-11-18-7-4-3-5-8-18/h3-10,19H,11-16H2,1-2H3,(H,24,27). The average molecular weight is 402 g/mol. The van der Waals surface area contributed by atoms with Gasteiger partial charge in [0, 0.05) is 23.3 Å². The molecule has 0 atom stereocenters. The number of thiocarbonyl (C=S) groups is 1. The van der Waals surface area contributed by atoms with Gasteiger partial charge in [0.15, 0.2) is 5.11 Å². The summed E-state index contributed by atoms with van der Waals surface area (Å²) in [5, 5.41) is 5.01. The molecule has 1 aliphatic heterocycles. The maximum atomic E-state index is 6.28. The van der Waals surface area contributed by atoms with Crippen molar-refractivity contribution in [2.24, 2.45) is 0 Å². The van der Waals surface area contributed by atoms with Crippen molar-refractivity contribution in [1.29, 1.82) is 0 Å². The number of nitrogens with one attached hydrogen (secondary N) is 1. The van der Waals surface area contributed by atoms with E-state index in [0.717, 1.165) is 60.3 Å². The Hall–Kier alpha value is -1.62. The van der Waals surface area contributed by atoms with E-state index in [9.17, 15) is 0 Å². The quantitative estimate of drug-likeness (QED) is 0.711. The molecule has 1 fully saturated rings. The van der Waals surface area contributed by atoms with E-state index in [1.807, 2.05) is 25.1 Å². The lowest BCUT2D eigenvalue weighted by atomic mass is 10.0. The Morgan fingerprint density at radius 1 is 1.15 bits per heavy atom. The third-order valence-corrected chi connectivity index (χ3v) is 6.13. The summed E-state index contributed by atoms with van der Waals surface area (Å²) in [7, 11) is 2.19. The molecule has 1 saturated heterocycles. The Kier molecular flexibility index (Phi) is 7.11. The smallest absolute Gasteiger partial charge is 0.173 e. The van der Waals surface area contributed by atoms with Crippen LogP contribution < -0.4 is 5.32 Å². The van der Waals surface area contributed by atoms with E-state index in [-0.39, 0.29) is 0 Å². The lowest BCUT2D eigenvalue weighted by Crippen LogP contribution is -2.48. The summed E-state index contributed by atoms with van der Waals surface area (Å²) in [4.78, 5) is 4.78. The molecule has 0 saturated carbocycles. The van der Waals surface area contributed by atoms with Crippen molar-refractivity contribution >= 4 is 34.6 Å². The fourth-order valence-corrected chi connectivity index (χ4v) is 4.11. The number of rotatable bonds is 5. The van der Waals surface area contributed by atoms with Crippen LogP contribution in [0.5, 0.6) is 0 Å². The zero-order valence-electron chi connectivity index (χ0n) is 16.1. The van der Waals surface area contributed by atoms with E-state index < -0.39 is 0 Å². The van der Waals surface area contributed by atoms with Crippen molar-refractivity contribution in [3.05, 3.63) is 64.7 Å². The number of halogens is 1. The number of likely N-dealkylation sites (tertiary alicyclic amines) is 1. The number of anilines is 1. The van der Waals surface area contributed by atoms with Crippen molar-refractivity contribution in [2.45, 2.75) is 32.2 Å². The summed E-state index contributed by atoms with van der Waals surface area (Å²) in [6.45, 7) is 5.18. The Morgan fingerprint density at radius 3 is 2.56 bits per heavy atom. The van der Waals surface area contributed by atoms with E-state index in [0.29, 0.717) is 6.04 Å². The highest BCUT2D eigenvalue weighted by atomic mass is 35.5. The first-order valence-corrected chi connectivity index (χ1v) is 10.4. The fourth-order valence-electron chi connectivity index (χ4n) is 3.58. The number of nitrogens with zero attached hydrogens (tertiary/aromatic N) is 2. The molecule has 27 heavy (non-hydrogen) atoms. The van der Waals surface area contributed by atoms with E-state index >= 15 is 0 Å². The molecule has 5 heteroatoms. The minimum Gasteiger partial charge on any atom is -0.346 e. The molecule has 1 heterocycles. The molecule has 1 N–H and O–H groups in total. The van der Waals surface area contributed by atoms with Crippen LogP contribution in [0.2, 0.25) is 5.02 Å². The molecular weight excluding hydrogens is 374 g/mol. The van der Waals surface area contributed by atoms with Crippen LogP contribution in [0.3, 0.4) is 0 Å². The summed E-state index contributed by atoms with van der Waals surface area (Å²) in [5.41, 5.74) is 3.37. The van der Waals surface area contributed by atoms with Gasteiger partial charge < -0.3 is 15.1 Å². The summed E-state index contributed by atoms with van der Waals surface area (Å²) in [6, 6.07) is 17.0. The lowest BCUT2D eigenvalue weighted by Gasteiger charge is -2.39. The Morgan fingerprint density at radius 2 is 1.85 bits per heavy atom. The summed E-state index contributed by atoms with van der Waals surface area (Å²) in [6.07, 6.45) is 3.27. The van der Waals surface area contributed by atoms with E-state index in [1.54, 1.807) is 0 Å². The maximum absolute atomic E-state index is 6.28. The Balaban J connectivity index is 1.73. The van der Waals surface area contributed by atoms with Crippen LogP contribution in [0.4, 0.5) is 5.69 Å². The highest BCUT2D eigenvalue weighted by Crippen LogP contribution is 2.24. The zero-order chi connectivity index (χ0) is 19.2. The monoisotopic (exact) mass is 401 g/mol. The second-order valence-electron chi connectivity index (χ2n) is 7.31. The fraction of sp³-hybridized carbons (Fsp3) is 0.409. The molecule has 1 aliphatic rings. The van der Waals surface area contributed by atoms with E-state index in [1.165, 1.54) is 5.56 Å². The van der Waals surface area contributed by atoms with Gasteiger partial charge in [-0.25, -0.2) is 0 Å². The Labute approximate surface area is 173 Å². The molecule has 2 aromatic carbocycles. The second kappa shape index (κ2) is 9.54. The number of piperidine rings is 1. The van der Waals surface area contributed by atoms with Crippen LogP contribution in [-0.2, 0) is 6.42 Å². The predicted molar refractivity (Wildman–Crippen MR) is 120 cm³/mol. The van der Waals surface area contributed by atoms with Crippen LogP contribution in [0.25, 0.3) is 0 Å². The van der Waals surface area contributed by atoms with Gasteiger partial charge in [0.2, 0.25) is 0 Å². The van der Waals surface area contributed by atoms with Crippen LogP contribution >= 0.6 is 23.8 Å². The highest BCUT2D eigenvalue weighted by Gasteiger charge is 2.25. The molecule has 0 radical (unpaired) electrons. The molecular formula is C22H28ClN3S. The van der Waals surface area contributed by atoms with Crippen molar-refractivity contribution < 1.29 is 0 Å². The third kappa shape index (κ3) is 5.44. The maximum Gasteiger partial charge on any atom is 0.173 e. The first-order chi connectivity index (χ1) is 13.0. The molecule has 3 nitrogen and oxygen atoms in total. The van der Waals surface area contributed by atoms with Gasteiger partial charge in [-0.3, -0.25) is 0 Å². The average Bonchev–Trinajstić information content (AvgIpc) is 2.68. The topological polar surface area (TPSA) is 18.5 Å². The first kappa shape index (κ1) is 20.1. The normalized spacial score (nSPS) is 15.5. The lowest BCUT2D eigenvalue weighted by molar-refractivity contribution is 0.178. The number of hydrogen-bond donors (Lipinski definition) is 1. The van der Waals surface area contributed by atoms with Crippen molar-refractivity contribution in [3.8, 4) is 0 Å². The molecule has 144 valence electrons. The molecule has 0 aliphatic carbocycles. The van der Waals surface area contributed by atoms with Gasteiger partial charge in [-0.1, -0.05) is 48.0 Å². The summed E-state index contributed by atoms with van der Waals surface area (Å²) >= 11 is 12.1. The van der Waals surface area contributed by atoms with Gasteiger partial charge >= 0.3 is 0 Å². The molecule has 0 aromatic heterocycles. The molecule has 2 aromatic rings. The largest absolute Gasteiger partial charge is 0.346 e. The van der Waals surface area contributed by atoms with Gasteiger partial charge in [-0.15, -0.1) is 0 Å².